The van der Waals surface area contributed by atoms with Crippen molar-refractivity contribution < 1.29 is 4.92 Å². The van der Waals surface area contributed by atoms with Gasteiger partial charge in [0.05, 0.1) is 27.2 Å². The molecule has 25 heavy (non-hydrogen) atoms. The molecule has 124 valence electrons. The van der Waals surface area contributed by atoms with E-state index in [1.807, 2.05) is 0 Å². The molecule has 0 N–H and O–H groups in total. The first-order valence-corrected chi connectivity index (χ1v) is 7.46. The van der Waals surface area contributed by atoms with Crippen molar-refractivity contribution in [3.8, 4) is 5.69 Å². The van der Waals surface area contributed by atoms with E-state index in [-0.39, 0.29) is 11.2 Å². The van der Waals surface area contributed by atoms with Crippen LogP contribution in [0, 0.1) is 24.0 Å². The fraction of sp³-hybridized carbons (Fsp3) is 0.125. The second kappa shape index (κ2) is 5.20. The van der Waals surface area contributed by atoms with E-state index in [1.165, 1.54) is 21.2 Å². The maximum atomic E-state index is 13.0. The third kappa shape index (κ3) is 2.24. The quantitative estimate of drug-likeness (QED) is 0.409. The van der Waals surface area contributed by atoms with Gasteiger partial charge in [-0.15, -0.1) is 5.10 Å². The Morgan fingerprint density at radius 2 is 1.96 bits per heavy atom. The number of nitrogens with zero attached hydrogens (tertiary/aromatic N) is 6. The van der Waals surface area contributed by atoms with Crippen LogP contribution >= 0.6 is 0 Å². The fourth-order valence-electron chi connectivity index (χ4n) is 2.85. The minimum absolute atomic E-state index is 0.0818. The molecule has 0 saturated carbocycles. The van der Waals surface area contributed by atoms with E-state index < -0.39 is 4.92 Å². The molecule has 0 aliphatic carbocycles. The molecule has 0 fully saturated rings. The molecule has 3 aromatic heterocycles. The van der Waals surface area contributed by atoms with Crippen LogP contribution in [-0.4, -0.2) is 29.1 Å². The Hall–Kier alpha value is -3.62. The summed E-state index contributed by atoms with van der Waals surface area (Å²) in [5, 5.41) is 15.6. The van der Waals surface area contributed by atoms with E-state index in [1.54, 1.807) is 38.2 Å². The topological polar surface area (TPSA) is 108 Å². The number of nitro benzene ring substituents is 1. The summed E-state index contributed by atoms with van der Waals surface area (Å²) in [6, 6.07) is 7.64. The normalized spacial score (nSPS) is 11.3. The number of rotatable bonds is 2. The van der Waals surface area contributed by atoms with Gasteiger partial charge in [0.25, 0.3) is 17.0 Å². The number of non-ortho nitro benzene ring substituents is 1. The lowest BCUT2D eigenvalue weighted by Crippen LogP contribution is -2.20. The van der Waals surface area contributed by atoms with Crippen LogP contribution in [0.3, 0.4) is 0 Å². The second-order valence-corrected chi connectivity index (χ2v) is 5.60. The molecule has 0 spiro atoms. The number of aromatic nitrogens is 5. The van der Waals surface area contributed by atoms with Crippen molar-refractivity contribution in [2.24, 2.45) is 0 Å². The molecular weight excluding hydrogens is 324 g/mol. The molecule has 9 nitrogen and oxygen atoms in total. The van der Waals surface area contributed by atoms with Gasteiger partial charge in [0.1, 0.15) is 5.82 Å². The Kier molecular flexibility index (Phi) is 3.11. The Morgan fingerprint density at radius 3 is 2.72 bits per heavy atom. The van der Waals surface area contributed by atoms with Crippen molar-refractivity contribution in [3.63, 3.8) is 0 Å². The van der Waals surface area contributed by atoms with Gasteiger partial charge >= 0.3 is 0 Å². The average molecular weight is 336 g/mol. The molecule has 9 heteroatoms. The van der Waals surface area contributed by atoms with Crippen molar-refractivity contribution in [1.82, 2.24) is 24.1 Å². The van der Waals surface area contributed by atoms with Crippen LogP contribution < -0.4 is 5.56 Å². The smallest absolute Gasteiger partial charge is 0.271 e. The number of aryl methyl sites for hydroxylation is 2. The third-order valence-corrected chi connectivity index (χ3v) is 3.94. The molecule has 0 saturated heterocycles. The van der Waals surface area contributed by atoms with Gasteiger partial charge in [0.2, 0.25) is 0 Å². The van der Waals surface area contributed by atoms with Crippen molar-refractivity contribution in [2.75, 3.05) is 0 Å². The van der Waals surface area contributed by atoms with E-state index in [2.05, 4.69) is 15.1 Å². The summed E-state index contributed by atoms with van der Waals surface area (Å²) in [7, 11) is 0. The van der Waals surface area contributed by atoms with E-state index in [4.69, 9.17) is 0 Å². The molecule has 3 heterocycles. The van der Waals surface area contributed by atoms with Crippen LogP contribution in [0.5, 0.6) is 0 Å². The maximum Gasteiger partial charge on any atom is 0.271 e. The van der Waals surface area contributed by atoms with E-state index in [0.29, 0.717) is 33.9 Å². The summed E-state index contributed by atoms with van der Waals surface area (Å²) < 4.78 is 2.89. The van der Waals surface area contributed by atoms with Gasteiger partial charge in [0.15, 0.2) is 0 Å². The van der Waals surface area contributed by atoms with Gasteiger partial charge in [-0.1, -0.05) is 6.07 Å². The van der Waals surface area contributed by atoms with Crippen molar-refractivity contribution in [3.05, 3.63) is 68.5 Å². The Morgan fingerprint density at radius 1 is 1.16 bits per heavy atom. The number of hydrogen-bond acceptors (Lipinski definition) is 6. The van der Waals surface area contributed by atoms with E-state index in [0.717, 1.165) is 0 Å². The number of nitro groups is 1. The van der Waals surface area contributed by atoms with Gasteiger partial charge in [-0.2, -0.15) is 9.50 Å². The van der Waals surface area contributed by atoms with Crippen LogP contribution in [0.2, 0.25) is 0 Å². The van der Waals surface area contributed by atoms with Crippen LogP contribution in [-0.2, 0) is 0 Å². The van der Waals surface area contributed by atoms with Gasteiger partial charge in [-0.25, -0.2) is 4.98 Å². The highest BCUT2D eigenvalue weighted by Crippen LogP contribution is 2.19. The summed E-state index contributed by atoms with van der Waals surface area (Å²) in [6.45, 7) is 3.48. The number of fused-ring (bicyclic) bond motifs is 3. The zero-order valence-corrected chi connectivity index (χ0v) is 13.4. The van der Waals surface area contributed by atoms with Crippen LogP contribution in [0.15, 0.2) is 41.3 Å². The largest absolute Gasteiger partial charge is 0.283 e. The van der Waals surface area contributed by atoms with E-state index >= 15 is 0 Å². The zero-order valence-electron chi connectivity index (χ0n) is 13.4. The Bertz CT molecular complexity index is 1220. The van der Waals surface area contributed by atoms with Crippen molar-refractivity contribution >= 4 is 22.4 Å². The highest BCUT2D eigenvalue weighted by molar-refractivity contribution is 5.82. The summed E-state index contributed by atoms with van der Waals surface area (Å²) >= 11 is 0. The van der Waals surface area contributed by atoms with Crippen molar-refractivity contribution in [1.29, 1.82) is 0 Å². The molecular formula is C16H12N6O3. The minimum atomic E-state index is -0.496. The Labute approximate surface area is 140 Å². The molecule has 0 atom stereocenters. The monoisotopic (exact) mass is 336 g/mol. The van der Waals surface area contributed by atoms with Crippen LogP contribution in [0.25, 0.3) is 22.4 Å². The third-order valence-electron chi connectivity index (χ3n) is 3.94. The standard InChI is InChI=1S/C16H12N6O3/c1-9-14-13(21-16(17-9)18-10(2)19-21)6-7-20(15(14)23)11-4-3-5-12(8-11)22(24)25/h3-8H,1-2H3. The van der Waals surface area contributed by atoms with Gasteiger partial charge in [-0.05, 0) is 26.0 Å². The molecule has 0 radical (unpaired) electrons. The highest BCUT2D eigenvalue weighted by atomic mass is 16.6. The number of pyridine rings is 1. The van der Waals surface area contributed by atoms with E-state index in [9.17, 15) is 14.9 Å². The summed E-state index contributed by atoms with van der Waals surface area (Å²) in [6.07, 6.45) is 1.57. The highest BCUT2D eigenvalue weighted by Gasteiger charge is 2.15. The van der Waals surface area contributed by atoms with Crippen LogP contribution in [0.4, 0.5) is 5.69 Å². The first-order chi connectivity index (χ1) is 12.0. The lowest BCUT2D eigenvalue weighted by atomic mass is 10.2. The lowest BCUT2D eigenvalue weighted by molar-refractivity contribution is -0.384. The molecule has 4 aromatic rings. The molecule has 0 aliphatic heterocycles. The molecule has 0 bridgehead atoms. The van der Waals surface area contributed by atoms with Gasteiger partial charge < -0.3 is 0 Å². The molecule has 0 amide bonds. The first-order valence-electron chi connectivity index (χ1n) is 7.46. The number of hydrogen-bond donors (Lipinski definition) is 0. The molecule has 4 rings (SSSR count). The minimum Gasteiger partial charge on any atom is -0.283 e. The average Bonchev–Trinajstić information content (AvgIpc) is 2.95. The van der Waals surface area contributed by atoms with Crippen LogP contribution in [0.1, 0.15) is 11.5 Å². The zero-order chi connectivity index (χ0) is 17.7. The molecule has 1 aromatic carbocycles. The Balaban J connectivity index is 2.05. The van der Waals surface area contributed by atoms with Gasteiger partial charge in [-0.3, -0.25) is 19.5 Å². The van der Waals surface area contributed by atoms with Gasteiger partial charge in [0, 0.05) is 18.3 Å². The summed E-state index contributed by atoms with van der Waals surface area (Å²) in [5.41, 5.74) is 1.13. The first kappa shape index (κ1) is 14.9. The second-order valence-electron chi connectivity index (χ2n) is 5.60. The molecule has 0 unspecified atom stereocenters. The van der Waals surface area contributed by atoms with Crippen molar-refractivity contribution in [2.45, 2.75) is 13.8 Å². The predicted octanol–water partition coefficient (Wildman–Crippen LogP) is 1.95. The summed E-state index contributed by atoms with van der Waals surface area (Å²) in [4.78, 5) is 32.0. The number of benzene rings is 1. The molecule has 0 aliphatic rings. The lowest BCUT2D eigenvalue weighted by Gasteiger charge is -2.09. The summed E-state index contributed by atoms with van der Waals surface area (Å²) in [5.74, 6) is 0.984. The SMILES string of the molecule is Cc1nc2nc(C)c3c(=O)n(-c4cccc([N+](=O)[O-])c4)ccc3n2n1. The predicted molar refractivity (Wildman–Crippen MR) is 90.0 cm³/mol. The maximum absolute atomic E-state index is 13.0. The fourth-order valence-corrected chi connectivity index (χ4v) is 2.85.